The van der Waals surface area contributed by atoms with Gasteiger partial charge in [-0.05, 0) is 42.7 Å². The van der Waals surface area contributed by atoms with Crippen LogP contribution in [0.15, 0.2) is 6.07 Å². The standard InChI is InChI=1S/C9H9F/c1-7-4-3-5-8(2)9(7)6-10/h4H,6H2,1-2H3. The fourth-order valence-electron chi connectivity index (χ4n) is 0.917. The first-order valence-electron chi connectivity index (χ1n) is 3.20. The van der Waals surface area contributed by atoms with Crippen molar-refractivity contribution in [2.45, 2.75) is 20.5 Å². The van der Waals surface area contributed by atoms with E-state index in [2.05, 4.69) is 12.1 Å². The van der Waals surface area contributed by atoms with Crippen molar-refractivity contribution in [2.24, 2.45) is 0 Å². The lowest BCUT2D eigenvalue weighted by Crippen LogP contribution is -1.89. The highest BCUT2D eigenvalue weighted by Crippen LogP contribution is 2.12. The van der Waals surface area contributed by atoms with Gasteiger partial charge in [0.25, 0.3) is 0 Å². The summed E-state index contributed by atoms with van der Waals surface area (Å²) in [7, 11) is 0. The first kappa shape index (κ1) is 7.26. The zero-order valence-corrected chi connectivity index (χ0v) is 6.16. The van der Waals surface area contributed by atoms with E-state index in [1.807, 2.05) is 13.8 Å². The van der Waals surface area contributed by atoms with Gasteiger partial charge in [0, 0.05) is 0 Å². The van der Waals surface area contributed by atoms with Crippen LogP contribution in [0.2, 0.25) is 0 Å². The highest BCUT2D eigenvalue weighted by molar-refractivity contribution is 5.31. The van der Waals surface area contributed by atoms with Gasteiger partial charge in [-0.15, -0.1) is 0 Å². The molecule has 0 heterocycles. The molecule has 0 bridgehead atoms. The normalized spacial score (nSPS) is 9.90. The molecule has 0 saturated heterocycles. The summed E-state index contributed by atoms with van der Waals surface area (Å²) in [6, 6.07) is 7.39. The van der Waals surface area contributed by atoms with Crippen molar-refractivity contribution in [2.75, 3.05) is 0 Å². The molecule has 0 aliphatic rings. The van der Waals surface area contributed by atoms with Gasteiger partial charge in [0.15, 0.2) is 0 Å². The second-order valence-corrected chi connectivity index (χ2v) is 2.33. The molecule has 0 amide bonds. The SMILES string of the molecule is Cc1[c][c]cc(C)c1CF. The highest BCUT2D eigenvalue weighted by atomic mass is 19.1. The largest absolute Gasteiger partial charge is 0.246 e. The lowest BCUT2D eigenvalue weighted by Gasteiger charge is -2.02. The van der Waals surface area contributed by atoms with Crippen molar-refractivity contribution in [3.8, 4) is 0 Å². The second kappa shape index (κ2) is 2.82. The quantitative estimate of drug-likeness (QED) is 0.556. The lowest BCUT2D eigenvalue weighted by molar-refractivity contribution is 0.482. The molecule has 0 unspecified atom stereocenters. The number of aryl methyl sites for hydroxylation is 2. The first-order chi connectivity index (χ1) is 4.75. The van der Waals surface area contributed by atoms with Crippen LogP contribution in [-0.4, -0.2) is 0 Å². The van der Waals surface area contributed by atoms with Gasteiger partial charge < -0.3 is 0 Å². The molecule has 1 heteroatoms. The molecule has 2 radical (unpaired) electrons. The van der Waals surface area contributed by atoms with Crippen molar-refractivity contribution < 1.29 is 4.39 Å². The fraction of sp³-hybridized carbons (Fsp3) is 0.333. The van der Waals surface area contributed by atoms with Gasteiger partial charge in [0.1, 0.15) is 6.67 Å². The molecule has 0 aliphatic carbocycles. The number of benzene rings is 1. The van der Waals surface area contributed by atoms with Gasteiger partial charge in [0.05, 0.1) is 0 Å². The number of hydrogen-bond donors (Lipinski definition) is 0. The van der Waals surface area contributed by atoms with Crippen LogP contribution in [0.4, 0.5) is 4.39 Å². The van der Waals surface area contributed by atoms with E-state index in [-0.39, 0.29) is 0 Å². The smallest absolute Gasteiger partial charge is 0.115 e. The van der Waals surface area contributed by atoms with E-state index in [4.69, 9.17) is 0 Å². The Morgan fingerprint density at radius 1 is 1.50 bits per heavy atom. The third-order valence-corrected chi connectivity index (χ3v) is 1.61. The summed E-state index contributed by atoms with van der Waals surface area (Å²) in [5.41, 5.74) is 2.57. The van der Waals surface area contributed by atoms with E-state index in [0.29, 0.717) is 0 Å². The number of alkyl halides is 1. The molecule has 0 atom stereocenters. The monoisotopic (exact) mass is 136 g/mol. The van der Waals surface area contributed by atoms with Crippen molar-refractivity contribution in [3.63, 3.8) is 0 Å². The van der Waals surface area contributed by atoms with Crippen molar-refractivity contribution >= 4 is 0 Å². The Labute approximate surface area is 60.7 Å². The van der Waals surface area contributed by atoms with E-state index in [9.17, 15) is 4.39 Å². The number of halogens is 1. The Morgan fingerprint density at radius 3 is 2.60 bits per heavy atom. The third kappa shape index (κ3) is 1.18. The fourth-order valence-corrected chi connectivity index (χ4v) is 0.917. The van der Waals surface area contributed by atoms with Gasteiger partial charge in [-0.3, -0.25) is 0 Å². The van der Waals surface area contributed by atoms with Gasteiger partial charge in [-0.2, -0.15) is 0 Å². The predicted octanol–water partition coefficient (Wildman–Crippen LogP) is 2.37. The summed E-state index contributed by atoms with van der Waals surface area (Å²) in [4.78, 5) is 0. The Morgan fingerprint density at radius 2 is 2.20 bits per heavy atom. The minimum absolute atomic E-state index is 0.400. The van der Waals surface area contributed by atoms with Gasteiger partial charge in [0.2, 0.25) is 0 Å². The maximum absolute atomic E-state index is 12.2. The molecule has 52 valence electrons. The summed E-state index contributed by atoms with van der Waals surface area (Å²) < 4.78 is 12.2. The maximum Gasteiger partial charge on any atom is 0.115 e. The molecular formula is C9H9F. The summed E-state index contributed by atoms with van der Waals surface area (Å²) in [6.45, 7) is 3.33. The molecule has 0 aromatic heterocycles. The van der Waals surface area contributed by atoms with Crippen LogP contribution >= 0.6 is 0 Å². The molecule has 0 saturated carbocycles. The number of hydrogen-bond acceptors (Lipinski definition) is 0. The van der Waals surface area contributed by atoms with Crippen LogP contribution in [-0.2, 0) is 6.67 Å². The highest BCUT2D eigenvalue weighted by Gasteiger charge is 1.99. The topological polar surface area (TPSA) is 0 Å². The maximum atomic E-state index is 12.2. The summed E-state index contributed by atoms with van der Waals surface area (Å²) in [5.74, 6) is 0. The zero-order valence-electron chi connectivity index (χ0n) is 6.16. The molecule has 1 aromatic rings. The molecule has 1 rings (SSSR count). The minimum atomic E-state index is -0.400. The Kier molecular flexibility index (Phi) is 2.05. The zero-order chi connectivity index (χ0) is 7.56. The van der Waals surface area contributed by atoms with E-state index in [1.165, 1.54) is 0 Å². The Balaban J connectivity index is 3.17. The Hall–Kier alpha value is -0.850. The molecule has 0 N–H and O–H groups in total. The summed E-state index contributed by atoms with van der Waals surface area (Å²) >= 11 is 0. The Bertz CT molecular complexity index is 208. The van der Waals surface area contributed by atoms with Crippen molar-refractivity contribution in [3.05, 3.63) is 34.9 Å². The minimum Gasteiger partial charge on any atom is -0.246 e. The third-order valence-electron chi connectivity index (χ3n) is 1.61. The first-order valence-corrected chi connectivity index (χ1v) is 3.20. The van der Waals surface area contributed by atoms with Crippen molar-refractivity contribution in [1.29, 1.82) is 0 Å². The van der Waals surface area contributed by atoms with E-state index >= 15 is 0 Å². The van der Waals surface area contributed by atoms with Crippen LogP contribution in [0.5, 0.6) is 0 Å². The van der Waals surface area contributed by atoms with E-state index in [0.717, 1.165) is 16.7 Å². The predicted molar refractivity (Wildman–Crippen MR) is 38.4 cm³/mol. The molecule has 0 nitrogen and oxygen atoms in total. The van der Waals surface area contributed by atoms with Crippen LogP contribution in [0.1, 0.15) is 16.7 Å². The molecule has 0 aliphatic heterocycles. The molecule has 10 heavy (non-hydrogen) atoms. The van der Waals surface area contributed by atoms with Crippen LogP contribution in [0.3, 0.4) is 0 Å². The van der Waals surface area contributed by atoms with Gasteiger partial charge in [-0.25, -0.2) is 4.39 Å². The summed E-state index contributed by atoms with van der Waals surface area (Å²) in [6.07, 6.45) is 0. The van der Waals surface area contributed by atoms with Crippen LogP contribution in [0, 0.1) is 26.0 Å². The van der Waals surface area contributed by atoms with Crippen LogP contribution < -0.4 is 0 Å². The summed E-state index contributed by atoms with van der Waals surface area (Å²) in [5, 5.41) is 0. The van der Waals surface area contributed by atoms with E-state index < -0.39 is 6.67 Å². The van der Waals surface area contributed by atoms with E-state index in [1.54, 1.807) is 6.07 Å². The second-order valence-electron chi connectivity index (χ2n) is 2.33. The molecule has 0 spiro atoms. The average molecular weight is 136 g/mol. The average Bonchev–Trinajstić information content (AvgIpc) is 1.88. The van der Waals surface area contributed by atoms with Crippen LogP contribution in [0.25, 0.3) is 0 Å². The van der Waals surface area contributed by atoms with Gasteiger partial charge >= 0.3 is 0 Å². The molecule has 1 aromatic carbocycles. The van der Waals surface area contributed by atoms with Gasteiger partial charge in [-0.1, -0.05) is 6.07 Å². The number of rotatable bonds is 1. The molecular weight excluding hydrogens is 127 g/mol. The lowest BCUT2D eigenvalue weighted by atomic mass is 10.0. The molecule has 0 fully saturated rings. The van der Waals surface area contributed by atoms with Crippen molar-refractivity contribution in [1.82, 2.24) is 0 Å².